The molecule has 0 bridgehead atoms. The van der Waals surface area contributed by atoms with E-state index < -0.39 is 61.5 Å². The zero-order valence-electron chi connectivity index (χ0n) is 40.5. The van der Waals surface area contributed by atoms with Gasteiger partial charge in [-0.1, -0.05) is 146 Å². The zero-order valence-corrected chi connectivity index (χ0v) is 40.5. The summed E-state index contributed by atoms with van der Waals surface area (Å²) < 4.78 is 67.2. The number of carbonyl (C=O) groups excluding carboxylic acids is 1. The number of rotatable bonds is 16. The average molecular weight is 901 g/mol. The third-order valence-corrected chi connectivity index (χ3v) is 15.6. The maximum Gasteiger partial charge on any atom is 0.338 e. The molecule has 0 aromatic heterocycles. The van der Waals surface area contributed by atoms with Crippen LogP contribution >= 0.6 is 0 Å². The Labute approximate surface area is 388 Å². The first-order valence-electron chi connectivity index (χ1n) is 24.3. The van der Waals surface area contributed by atoms with Crippen molar-refractivity contribution in [3.05, 3.63) is 108 Å². The van der Waals surface area contributed by atoms with Gasteiger partial charge >= 0.3 is 5.97 Å². The molecule has 4 fully saturated rings. The Morgan fingerprint density at radius 1 is 0.431 bits per heavy atom. The molecular formula is C54H76O11. The molecule has 3 aromatic rings. The molecule has 4 aliphatic rings. The lowest BCUT2D eigenvalue weighted by Gasteiger charge is -2.51. The number of benzene rings is 3. The predicted molar refractivity (Wildman–Crippen MR) is 247 cm³/mol. The smallest absolute Gasteiger partial charge is 0.338 e. The molecule has 11 heteroatoms. The molecule has 0 aliphatic carbocycles. The van der Waals surface area contributed by atoms with Crippen molar-refractivity contribution >= 4 is 5.97 Å². The lowest BCUT2D eigenvalue weighted by molar-refractivity contribution is -0.377. The van der Waals surface area contributed by atoms with Gasteiger partial charge in [-0.05, 0) is 73.0 Å². The van der Waals surface area contributed by atoms with E-state index in [9.17, 15) is 4.79 Å². The van der Waals surface area contributed by atoms with E-state index in [4.69, 9.17) is 47.4 Å². The topological polar surface area (TPSA) is 109 Å². The number of esters is 1. The highest BCUT2D eigenvalue weighted by Crippen LogP contribution is 2.43. The first kappa shape index (κ1) is 49.7. The molecule has 4 saturated heterocycles. The summed E-state index contributed by atoms with van der Waals surface area (Å²) in [6.45, 7) is 25.1. The van der Waals surface area contributed by atoms with Crippen LogP contribution in [-0.2, 0) is 72.0 Å². The third-order valence-electron chi connectivity index (χ3n) is 15.6. The van der Waals surface area contributed by atoms with Gasteiger partial charge in [0.05, 0.1) is 50.3 Å². The van der Waals surface area contributed by atoms with Crippen LogP contribution in [0.1, 0.15) is 92.9 Å². The van der Waals surface area contributed by atoms with Gasteiger partial charge in [0.1, 0.15) is 24.9 Å². The van der Waals surface area contributed by atoms with E-state index in [0.717, 1.165) is 16.7 Å². The first-order chi connectivity index (χ1) is 31.2. The van der Waals surface area contributed by atoms with Crippen LogP contribution in [0.25, 0.3) is 0 Å². The Morgan fingerprint density at radius 3 is 1.45 bits per heavy atom. The van der Waals surface area contributed by atoms with Gasteiger partial charge in [-0.2, -0.15) is 0 Å². The van der Waals surface area contributed by atoms with Crippen molar-refractivity contribution in [2.45, 2.75) is 170 Å². The van der Waals surface area contributed by atoms with Crippen molar-refractivity contribution in [1.82, 2.24) is 0 Å². The summed E-state index contributed by atoms with van der Waals surface area (Å²) in [5.74, 6) is 0.234. The highest BCUT2D eigenvalue weighted by Gasteiger charge is 2.53. The quantitative estimate of drug-likeness (QED) is 0.128. The van der Waals surface area contributed by atoms with E-state index in [1.165, 1.54) is 0 Å². The monoisotopic (exact) mass is 901 g/mol. The number of hydrogen-bond donors (Lipinski definition) is 0. The summed E-state index contributed by atoms with van der Waals surface area (Å²) in [5.41, 5.74) is 3.05. The molecule has 358 valence electrons. The molecular weight excluding hydrogens is 825 g/mol. The number of ether oxygens (including phenoxy) is 10. The maximum atomic E-state index is 14.1. The molecule has 11 nitrogen and oxygen atoms in total. The standard InChI is InChI=1S/C54H76O11/c1-31-34(4)45(30-56-27-42-21-15-12-16-22-42)62-52(37(31)7)64-48-35(5)32(2)40(10)61-54(48)65-49-36(6)33(3)39(9)60-53(49)63-47-38(8)46(57-28-43-23-17-13-18-24-43)41(11)59-50(47)51(55)58-29-44-25-19-14-20-26-44/h12-26,31-41,45-50,52-54H,27-30H2,1-11H3/t31-,32+,33+,34+,35?,36?,37?,38+,39-,40-,41-,45?,46?,47+,48?,49?,50?,52-,53-,54-/m0/s1. The van der Waals surface area contributed by atoms with Crippen molar-refractivity contribution in [3.8, 4) is 0 Å². The Balaban J connectivity index is 1.12. The summed E-state index contributed by atoms with van der Waals surface area (Å²) in [6, 6.07) is 29.9. The molecule has 0 radical (unpaired) electrons. The first-order valence-corrected chi connectivity index (χ1v) is 24.3. The van der Waals surface area contributed by atoms with Gasteiger partial charge in [0.25, 0.3) is 0 Å². The van der Waals surface area contributed by atoms with Crippen LogP contribution in [0.3, 0.4) is 0 Å². The molecule has 4 aliphatic heterocycles. The second-order valence-electron chi connectivity index (χ2n) is 19.8. The van der Waals surface area contributed by atoms with E-state index in [-0.39, 0.29) is 66.3 Å². The SMILES string of the molecule is CC1C(O[C@@H]2OC(COCc3ccccc3)[C@H](C)[C@H](C)C2C)[C@H](OC2C(C)[C@@H](C)[C@H](C)O[C@H]2O[C@H]2C(C(=O)OCc3ccccc3)O[C@@H](C)C(OCc3ccccc3)[C@H]2C)O[C@@H](C)[C@@H]1C. The largest absolute Gasteiger partial charge is 0.459 e. The molecule has 4 heterocycles. The van der Waals surface area contributed by atoms with Crippen LogP contribution < -0.4 is 0 Å². The minimum atomic E-state index is -1.05. The van der Waals surface area contributed by atoms with Gasteiger partial charge in [0.15, 0.2) is 25.0 Å². The molecule has 65 heavy (non-hydrogen) atoms. The normalized spacial score (nSPS) is 40.0. The van der Waals surface area contributed by atoms with Gasteiger partial charge in [0.2, 0.25) is 0 Å². The van der Waals surface area contributed by atoms with Gasteiger partial charge in [0, 0.05) is 11.8 Å². The molecule has 8 unspecified atom stereocenters. The summed E-state index contributed by atoms with van der Waals surface area (Å²) in [6.07, 6.45) is -6.28. The molecule has 0 N–H and O–H groups in total. The van der Waals surface area contributed by atoms with Crippen LogP contribution in [0.2, 0.25) is 0 Å². The maximum absolute atomic E-state index is 14.1. The van der Waals surface area contributed by atoms with Crippen molar-refractivity contribution in [2.24, 2.45) is 47.3 Å². The van der Waals surface area contributed by atoms with E-state index >= 15 is 0 Å². The van der Waals surface area contributed by atoms with Crippen molar-refractivity contribution in [2.75, 3.05) is 6.61 Å². The molecule has 0 saturated carbocycles. The lowest BCUT2D eigenvalue weighted by Crippen LogP contribution is -2.62. The Hall–Kier alpha value is -3.23. The lowest BCUT2D eigenvalue weighted by atomic mass is 9.78. The second-order valence-corrected chi connectivity index (χ2v) is 19.8. The fourth-order valence-electron chi connectivity index (χ4n) is 10.1. The minimum Gasteiger partial charge on any atom is -0.459 e. The van der Waals surface area contributed by atoms with Crippen molar-refractivity contribution in [3.63, 3.8) is 0 Å². The van der Waals surface area contributed by atoms with E-state index in [2.05, 4.69) is 81.4 Å². The zero-order chi connectivity index (χ0) is 46.4. The number of carbonyl (C=O) groups is 1. The molecule has 20 atom stereocenters. The van der Waals surface area contributed by atoms with Crippen LogP contribution in [0.15, 0.2) is 91.0 Å². The van der Waals surface area contributed by atoms with Crippen molar-refractivity contribution < 1.29 is 52.2 Å². The van der Waals surface area contributed by atoms with Crippen LogP contribution in [0.4, 0.5) is 0 Å². The summed E-state index contributed by atoms with van der Waals surface area (Å²) >= 11 is 0. The summed E-state index contributed by atoms with van der Waals surface area (Å²) in [4.78, 5) is 14.1. The van der Waals surface area contributed by atoms with Gasteiger partial charge in [-0.15, -0.1) is 0 Å². The van der Waals surface area contributed by atoms with Crippen LogP contribution in [-0.4, -0.2) is 86.4 Å². The van der Waals surface area contributed by atoms with Crippen LogP contribution in [0.5, 0.6) is 0 Å². The van der Waals surface area contributed by atoms with Gasteiger partial charge in [-0.3, -0.25) is 0 Å². The number of hydrogen-bond acceptors (Lipinski definition) is 11. The molecule has 7 rings (SSSR count). The highest BCUT2D eigenvalue weighted by atomic mass is 16.8. The second kappa shape index (κ2) is 22.7. The average Bonchev–Trinajstić information content (AvgIpc) is 3.31. The van der Waals surface area contributed by atoms with Gasteiger partial charge in [-0.25, -0.2) is 4.79 Å². The fraction of sp³-hybridized carbons (Fsp3) is 0.648. The van der Waals surface area contributed by atoms with Crippen LogP contribution in [0, 0.1) is 47.3 Å². The molecule has 3 aromatic carbocycles. The Kier molecular flexibility index (Phi) is 17.4. The summed E-state index contributed by atoms with van der Waals surface area (Å²) in [5, 5.41) is 0. The molecule has 0 amide bonds. The van der Waals surface area contributed by atoms with E-state index in [1.807, 2.05) is 85.8 Å². The highest BCUT2D eigenvalue weighted by molar-refractivity contribution is 5.75. The van der Waals surface area contributed by atoms with Crippen molar-refractivity contribution in [1.29, 1.82) is 0 Å². The fourth-order valence-corrected chi connectivity index (χ4v) is 10.1. The Bertz CT molecular complexity index is 1880. The summed E-state index contributed by atoms with van der Waals surface area (Å²) in [7, 11) is 0. The molecule has 0 spiro atoms. The predicted octanol–water partition coefficient (Wildman–Crippen LogP) is 9.78. The minimum absolute atomic E-state index is 0.0258. The van der Waals surface area contributed by atoms with E-state index in [0.29, 0.717) is 25.7 Å². The van der Waals surface area contributed by atoms with Gasteiger partial charge < -0.3 is 47.4 Å². The Morgan fingerprint density at radius 2 is 0.908 bits per heavy atom. The van der Waals surface area contributed by atoms with E-state index in [1.54, 1.807) is 0 Å². The third kappa shape index (κ3) is 11.9.